The number of aromatic nitrogens is 2. The van der Waals surface area contributed by atoms with E-state index in [9.17, 15) is 22.0 Å². The highest BCUT2D eigenvalue weighted by molar-refractivity contribution is 6.17. The molecule has 110 valence electrons. The van der Waals surface area contributed by atoms with Crippen molar-refractivity contribution >= 4 is 22.6 Å². The number of halogens is 6. The highest BCUT2D eigenvalue weighted by Gasteiger charge is 2.31. The van der Waals surface area contributed by atoms with Crippen LogP contribution in [0.15, 0.2) is 18.2 Å². The normalized spacial score (nSPS) is 12.6. The van der Waals surface area contributed by atoms with Crippen molar-refractivity contribution < 1.29 is 22.0 Å². The van der Waals surface area contributed by atoms with Crippen LogP contribution in [-0.4, -0.2) is 21.9 Å². The molecular formula is C12H10ClF5N2. The molecule has 0 saturated carbocycles. The van der Waals surface area contributed by atoms with Crippen molar-refractivity contribution in [3.05, 3.63) is 29.6 Å². The molecule has 0 aliphatic carbocycles. The third kappa shape index (κ3) is 3.03. The van der Waals surface area contributed by atoms with Crippen LogP contribution < -0.4 is 0 Å². The van der Waals surface area contributed by atoms with Crippen LogP contribution >= 0.6 is 11.6 Å². The number of fused-ring (bicyclic) bond motifs is 1. The maximum Gasteiger partial charge on any atom is 0.416 e. The van der Waals surface area contributed by atoms with Gasteiger partial charge in [0.1, 0.15) is 5.82 Å². The zero-order valence-corrected chi connectivity index (χ0v) is 10.8. The summed E-state index contributed by atoms with van der Waals surface area (Å²) in [5.41, 5.74) is -0.567. The van der Waals surface area contributed by atoms with Crippen LogP contribution in [0, 0.1) is 0 Å². The Kier molecular flexibility index (Phi) is 4.17. The third-order valence-corrected chi connectivity index (χ3v) is 2.98. The largest absolute Gasteiger partial charge is 0.416 e. The lowest BCUT2D eigenvalue weighted by molar-refractivity contribution is -0.137. The molecule has 0 aliphatic heterocycles. The van der Waals surface area contributed by atoms with E-state index in [-0.39, 0.29) is 29.2 Å². The SMILES string of the molecule is FC(F)Cn1c(CCCl)nc2cc(C(F)(F)F)ccc21. The second-order valence-corrected chi connectivity index (χ2v) is 4.55. The Balaban J connectivity index is 2.55. The molecule has 0 spiro atoms. The Labute approximate surface area is 116 Å². The Morgan fingerprint density at radius 2 is 1.95 bits per heavy atom. The van der Waals surface area contributed by atoms with Gasteiger partial charge in [-0.2, -0.15) is 13.2 Å². The molecule has 0 N–H and O–H groups in total. The maximum absolute atomic E-state index is 12.6. The Morgan fingerprint density at radius 1 is 1.25 bits per heavy atom. The van der Waals surface area contributed by atoms with E-state index < -0.39 is 24.7 Å². The molecule has 0 bridgehead atoms. The average Bonchev–Trinajstić information content (AvgIpc) is 2.65. The van der Waals surface area contributed by atoms with E-state index in [0.717, 1.165) is 18.2 Å². The third-order valence-electron chi connectivity index (χ3n) is 2.79. The van der Waals surface area contributed by atoms with E-state index in [4.69, 9.17) is 11.6 Å². The molecule has 8 heteroatoms. The van der Waals surface area contributed by atoms with Crippen molar-refractivity contribution in [3.63, 3.8) is 0 Å². The molecule has 0 radical (unpaired) electrons. The first-order valence-corrected chi connectivity index (χ1v) is 6.27. The van der Waals surface area contributed by atoms with E-state index >= 15 is 0 Å². The minimum atomic E-state index is -4.49. The number of hydrogen-bond donors (Lipinski definition) is 0. The zero-order valence-electron chi connectivity index (χ0n) is 10.1. The highest BCUT2D eigenvalue weighted by Crippen LogP contribution is 2.31. The number of hydrogen-bond acceptors (Lipinski definition) is 1. The molecule has 1 aromatic carbocycles. The van der Waals surface area contributed by atoms with Gasteiger partial charge in [-0.1, -0.05) is 0 Å². The molecular weight excluding hydrogens is 303 g/mol. The van der Waals surface area contributed by atoms with Gasteiger partial charge in [0.25, 0.3) is 6.43 Å². The summed E-state index contributed by atoms with van der Waals surface area (Å²) < 4.78 is 64.1. The standard InChI is InChI=1S/C12H10ClF5N2/c13-4-3-11-19-8-5-7(12(16,17)18)1-2-9(8)20(11)6-10(14)15/h1-2,5,10H,3-4,6H2. The van der Waals surface area contributed by atoms with E-state index in [1.165, 1.54) is 4.57 Å². The first-order valence-electron chi connectivity index (χ1n) is 5.73. The number of benzene rings is 1. The fourth-order valence-corrected chi connectivity index (χ4v) is 2.14. The Bertz CT molecular complexity index is 606. The zero-order chi connectivity index (χ0) is 14.9. The second-order valence-electron chi connectivity index (χ2n) is 4.17. The Morgan fingerprint density at radius 3 is 2.50 bits per heavy atom. The predicted molar refractivity (Wildman–Crippen MR) is 65.2 cm³/mol. The lowest BCUT2D eigenvalue weighted by Crippen LogP contribution is -2.11. The summed E-state index contributed by atoms with van der Waals surface area (Å²) >= 11 is 5.56. The van der Waals surface area contributed by atoms with Crippen molar-refractivity contribution in [1.82, 2.24) is 9.55 Å². The van der Waals surface area contributed by atoms with Gasteiger partial charge >= 0.3 is 6.18 Å². The quantitative estimate of drug-likeness (QED) is 0.614. The van der Waals surface area contributed by atoms with E-state index in [2.05, 4.69) is 4.98 Å². The van der Waals surface area contributed by atoms with Gasteiger partial charge in [0, 0.05) is 12.3 Å². The maximum atomic E-state index is 12.6. The second kappa shape index (κ2) is 5.55. The molecule has 0 fully saturated rings. The van der Waals surface area contributed by atoms with Gasteiger partial charge < -0.3 is 4.57 Å². The first-order chi connectivity index (χ1) is 9.32. The van der Waals surface area contributed by atoms with Crippen molar-refractivity contribution in [2.75, 3.05) is 5.88 Å². The molecule has 2 aromatic rings. The summed E-state index contributed by atoms with van der Waals surface area (Å²) in [5.74, 6) is 0.410. The minimum Gasteiger partial charge on any atom is -0.322 e. The first kappa shape index (κ1) is 15.0. The fraction of sp³-hybridized carbons (Fsp3) is 0.417. The van der Waals surface area contributed by atoms with Crippen molar-refractivity contribution in [2.24, 2.45) is 0 Å². The molecule has 0 unspecified atom stereocenters. The highest BCUT2D eigenvalue weighted by atomic mass is 35.5. The van der Waals surface area contributed by atoms with Gasteiger partial charge in [-0.15, -0.1) is 11.6 Å². The molecule has 0 amide bonds. The van der Waals surface area contributed by atoms with E-state index in [0.29, 0.717) is 0 Å². The van der Waals surface area contributed by atoms with Gasteiger partial charge in [-0.25, -0.2) is 13.8 Å². The minimum absolute atomic E-state index is 0.0422. The van der Waals surface area contributed by atoms with Gasteiger partial charge in [-0.3, -0.25) is 0 Å². The molecule has 1 heterocycles. The summed E-state index contributed by atoms with van der Waals surface area (Å²) in [6, 6.07) is 2.87. The van der Waals surface area contributed by atoms with Crippen LogP contribution in [-0.2, 0) is 19.1 Å². The van der Waals surface area contributed by atoms with Crippen LogP contribution in [0.4, 0.5) is 22.0 Å². The van der Waals surface area contributed by atoms with Gasteiger partial charge in [0.2, 0.25) is 0 Å². The Hall–Kier alpha value is -1.37. The van der Waals surface area contributed by atoms with Crippen LogP contribution in [0.5, 0.6) is 0 Å². The van der Waals surface area contributed by atoms with Crippen molar-refractivity contribution in [2.45, 2.75) is 25.6 Å². The summed E-state index contributed by atoms with van der Waals surface area (Å²) in [7, 11) is 0. The smallest absolute Gasteiger partial charge is 0.322 e. The van der Waals surface area contributed by atoms with Crippen molar-refractivity contribution in [3.8, 4) is 0 Å². The van der Waals surface area contributed by atoms with Crippen LogP contribution in [0.2, 0.25) is 0 Å². The molecule has 2 rings (SSSR count). The van der Waals surface area contributed by atoms with Gasteiger partial charge in [0.15, 0.2) is 0 Å². The van der Waals surface area contributed by atoms with Gasteiger partial charge in [-0.05, 0) is 18.2 Å². The average molecular weight is 313 g/mol. The molecule has 0 aliphatic rings. The lowest BCUT2D eigenvalue weighted by Gasteiger charge is -2.08. The van der Waals surface area contributed by atoms with Crippen LogP contribution in [0.3, 0.4) is 0 Å². The van der Waals surface area contributed by atoms with Crippen LogP contribution in [0.25, 0.3) is 11.0 Å². The number of nitrogens with zero attached hydrogens (tertiary/aromatic N) is 2. The van der Waals surface area contributed by atoms with E-state index in [1.54, 1.807) is 0 Å². The number of alkyl halides is 6. The topological polar surface area (TPSA) is 17.8 Å². The monoisotopic (exact) mass is 312 g/mol. The van der Waals surface area contributed by atoms with E-state index in [1.807, 2.05) is 0 Å². The molecule has 1 aromatic heterocycles. The number of aryl methyl sites for hydroxylation is 1. The summed E-state index contributed by atoms with van der Waals surface area (Å²) in [4.78, 5) is 3.97. The summed E-state index contributed by atoms with van der Waals surface area (Å²) in [5, 5.41) is 0. The molecule has 20 heavy (non-hydrogen) atoms. The molecule has 2 nitrogen and oxygen atoms in total. The fourth-order valence-electron chi connectivity index (χ4n) is 1.97. The summed E-state index contributed by atoms with van der Waals surface area (Å²) in [6.45, 7) is -0.617. The molecule has 0 atom stereocenters. The van der Waals surface area contributed by atoms with Crippen LogP contribution in [0.1, 0.15) is 11.4 Å². The van der Waals surface area contributed by atoms with Crippen molar-refractivity contribution in [1.29, 1.82) is 0 Å². The van der Waals surface area contributed by atoms with Gasteiger partial charge in [0.05, 0.1) is 23.1 Å². The lowest BCUT2D eigenvalue weighted by atomic mass is 10.2. The predicted octanol–water partition coefficient (Wildman–Crippen LogP) is 4.10. The summed E-state index contributed by atoms with van der Waals surface area (Å²) in [6.07, 6.45) is -6.90. The molecule has 0 saturated heterocycles. The number of rotatable bonds is 4. The number of imidazole rings is 1.